The van der Waals surface area contributed by atoms with Gasteiger partial charge in [0.1, 0.15) is 5.78 Å². The molecule has 1 heterocycles. The molecule has 0 N–H and O–H groups in total. The summed E-state index contributed by atoms with van der Waals surface area (Å²) in [7, 11) is 0. The number of piperidine rings is 1. The van der Waals surface area contributed by atoms with E-state index < -0.39 is 0 Å². The molecule has 1 saturated heterocycles. The first-order chi connectivity index (χ1) is 7.24. The van der Waals surface area contributed by atoms with E-state index in [0.29, 0.717) is 11.8 Å². The molecule has 0 aromatic heterocycles. The van der Waals surface area contributed by atoms with Crippen LogP contribution in [-0.4, -0.2) is 29.8 Å². The largest absolute Gasteiger partial charge is 0.300 e. The molecule has 0 amide bonds. The summed E-state index contributed by atoms with van der Waals surface area (Å²) in [5.74, 6) is 6.33. The molecule has 1 aliphatic heterocycles. The Bertz CT molecular complexity index is 261. The van der Waals surface area contributed by atoms with Crippen LogP contribution in [0, 0.1) is 11.8 Å². The van der Waals surface area contributed by atoms with Crippen LogP contribution in [0.3, 0.4) is 0 Å². The third-order valence-electron chi connectivity index (χ3n) is 2.97. The summed E-state index contributed by atoms with van der Waals surface area (Å²) in [6.07, 6.45) is 5.38. The molecule has 1 aliphatic rings. The van der Waals surface area contributed by atoms with Gasteiger partial charge in [-0.05, 0) is 33.2 Å². The minimum Gasteiger partial charge on any atom is -0.300 e. The van der Waals surface area contributed by atoms with Gasteiger partial charge in [0.05, 0.1) is 0 Å². The normalized spacial score (nSPS) is 21.9. The van der Waals surface area contributed by atoms with Crippen LogP contribution in [0.25, 0.3) is 0 Å². The Hall–Kier alpha value is -0.810. The Morgan fingerprint density at radius 3 is 2.93 bits per heavy atom. The number of hydrogen-bond donors (Lipinski definition) is 0. The number of likely N-dealkylation sites (tertiary alicyclic amines) is 1. The lowest BCUT2D eigenvalue weighted by atomic mass is 9.97. The first kappa shape index (κ1) is 12.3. The molecule has 2 heteroatoms. The first-order valence-corrected chi connectivity index (χ1v) is 5.87. The third-order valence-corrected chi connectivity index (χ3v) is 2.97. The van der Waals surface area contributed by atoms with Crippen LogP contribution < -0.4 is 0 Å². The molecular formula is C13H21NO. The van der Waals surface area contributed by atoms with Gasteiger partial charge in [-0.3, -0.25) is 9.69 Å². The van der Waals surface area contributed by atoms with Gasteiger partial charge in [-0.1, -0.05) is 6.42 Å². The Morgan fingerprint density at radius 2 is 2.27 bits per heavy atom. The standard InChI is InChI=1S/C13H21NO/c1-3-4-6-9-14-10-7-5-8-13(14)11-12(2)15/h13H,5-11H2,1-2H3. The van der Waals surface area contributed by atoms with Crippen LogP contribution in [0.15, 0.2) is 0 Å². The van der Waals surface area contributed by atoms with Gasteiger partial charge in [0.2, 0.25) is 0 Å². The van der Waals surface area contributed by atoms with Gasteiger partial charge in [-0.15, -0.1) is 11.8 Å². The van der Waals surface area contributed by atoms with Gasteiger partial charge in [-0.25, -0.2) is 0 Å². The Kier molecular flexibility index (Phi) is 5.42. The summed E-state index contributed by atoms with van der Waals surface area (Å²) in [5, 5.41) is 0. The van der Waals surface area contributed by atoms with Gasteiger partial charge < -0.3 is 0 Å². The fraction of sp³-hybridized carbons (Fsp3) is 0.769. The monoisotopic (exact) mass is 207 g/mol. The number of nitrogens with zero attached hydrogens (tertiary/aromatic N) is 1. The minimum atomic E-state index is 0.313. The number of carbonyl (C=O) groups is 1. The van der Waals surface area contributed by atoms with Crippen LogP contribution >= 0.6 is 0 Å². The van der Waals surface area contributed by atoms with Crippen molar-refractivity contribution in [3.63, 3.8) is 0 Å². The second-order valence-electron chi connectivity index (χ2n) is 4.27. The molecule has 1 unspecified atom stereocenters. The van der Waals surface area contributed by atoms with E-state index in [9.17, 15) is 4.79 Å². The Morgan fingerprint density at radius 1 is 1.47 bits per heavy atom. The van der Waals surface area contributed by atoms with Crippen LogP contribution in [0.1, 0.15) is 46.0 Å². The smallest absolute Gasteiger partial charge is 0.131 e. The molecule has 15 heavy (non-hydrogen) atoms. The summed E-state index contributed by atoms with van der Waals surface area (Å²) in [6, 6.07) is 0.481. The lowest BCUT2D eigenvalue weighted by Crippen LogP contribution is -2.41. The summed E-state index contributed by atoms with van der Waals surface area (Å²) in [5.41, 5.74) is 0. The molecule has 0 radical (unpaired) electrons. The first-order valence-electron chi connectivity index (χ1n) is 5.87. The highest BCUT2D eigenvalue weighted by Gasteiger charge is 2.22. The van der Waals surface area contributed by atoms with Crippen LogP contribution in [0.2, 0.25) is 0 Å². The van der Waals surface area contributed by atoms with Crippen molar-refractivity contribution in [2.24, 2.45) is 0 Å². The molecule has 0 spiro atoms. The predicted molar refractivity (Wildman–Crippen MR) is 62.6 cm³/mol. The quantitative estimate of drug-likeness (QED) is 0.659. The number of carbonyl (C=O) groups excluding carboxylic acids is 1. The molecule has 84 valence electrons. The zero-order chi connectivity index (χ0) is 11.1. The second-order valence-corrected chi connectivity index (χ2v) is 4.27. The van der Waals surface area contributed by atoms with Crippen LogP contribution in [0.4, 0.5) is 0 Å². The molecule has 0 aromatic carbocycles. The van der Waals surface area contributed by atoms with E-state index in [4.69, 9.17) is 0 Å². The van der Waals surface area contributed by atoms with Gasteiger partial charge in [0, 0.05) is 25.4 Å². The highest BCUT2D eigenvalue weighted by Crippen LogP contribution is 2.19. The van der Waals surface area contributed by atoms with Crippen LogP contribution in [0.5, 0.6) is 0 Å². The molecule has 0 aliphatic carbocycles. The van der Waals surface area contributed by atoms with E-state index in [1.54, 1.807) is 6.92 Å². The van der Waals surface area contributed by atoms with E-state index in [-0.39, 0.29) is 0 Å². The molecule has 1 atom stereocenters. The molecule has 1 fully saturated rings. The number of rotatable bonds is 4. The lowest BCUT2D eigenvalue weighted by molar-refractivity contribution is -0.118. The predicted octanol–water partition coefficient (Wildman–Crippen LogP) is 2.23. The highest BCUT2D eigenvalue weighted by molar-refractivity contribution is 5.76. The molecule has 1 rings (SSSR count). The highest BCUT2D eigenvalue weighted by atomic mass is 16.1. The van der Waals surface area contributed by atoms with E-state index in [2.05, 4.69) is 16.7 Å². The van der Waals surface area contributed by atoms with E-state index in [1.165, 1.54) is 19.3 Å². The summed E-state index contributed by atoms with van der Waals surface area (Å²) < 4.78 is 0. The molecule has 2 nitrogen and oxygen atoms in total. The van der Waals surface area contributed by atoms with Gasteiger partial charge in [0.15, 0.2) is 0 Å². The van der Waals surface area contributed by atoms with E-state index >= 15 is 0 Å². The molecular weight excluding hydrogens is 186 g/mol. The maximum Gasteiger partial charge on any atom is 0.131 e. The fourth-order valence-electron chi connectivity index (χ4n) is 2.24. The minimum absolute atomic E-state index is 0.313. The van der Waals surface area contributed by atoms with Crippen molar-refractivity contribution in [1.29, 1.82) is 0 Å². The van der Waals surface area contributed by atoms with Crippen molar-refractivity contribution >= 4 is 5.78 Å². The number of ketones is 1. The zero-order valence-electron chi connectivity index (χ0n) is 9.88. The van der Waals surface area contributed by atoms with Crippen molar-refractivity contribution in [3.8, 4) is 11.8 Å². The summed E-state index contributed by atoms with van der Waals surface area (Å²) in [4.78, 5) is 13.6. The number of Topliss-reactive ketones (excluding diaryl/α,β-unsaturated/α-hetero) is 1. The summed E-state index contributed by atoms with van der Waals surface area (Å²) in [6.45, 7) is 5.74. The lowest BCUT2D eigenvalue weighted by Gasteiger charge is -2.34. The van der Waals surface area contributed by atoms with Gasteiger partial charge >= 0.3 is 0 Å². The van der Waals surface area contributed by atoms with Crippen LogP contribution in [-0.2, 0) is 4.79 Å². The van der Waals surface area contributed by atoms with E-state index in [0.717, 1.165) is 25.9 Å². The SMILES string of the molecule is CC#CCCN1CCCCC1CC(C)=O. The number of hydrogen-bond acceptors (Lipinski definition) is 2. The molecule has 0 saturated carbocycles. The average Bonchev–Trinajstić information content (AvgIpc) is 2.20. The average molecular weight is 207 g/mol. The zero-order valence-corrected chi connectivity index (χ0v) is 9.88. The van der Waals surface area contributed by atoms with Crippen molar-refractivity contribution in [2.45, 2.75) is 52.0 Å². The van der Waals surface area contributed by atoms with Crippen molar-refractivity contribution in [3.05, 3.63) is 0 Å². The van der Waals surface area contributed by atoms with Gasteiger partial charge in [-0.2, -0.15) is 0 Å². The van der Waals surface area contributed by atoms with Crippen molar-refractivity contribution in [2.75, 3.05) is 13.1 Å². The maximum atomic E-state index is 11.1. The maximum absolute atomic E-state index is 11.1. The summed E-state index contributed by atoms with van der Waals surface area (Å²) >= 11 is 0. The molecule has 0 aromatic rings. The van der Waals surface area contributed by atoms with Crippen molar-refractivity contribution < 1.29 is 4.79 Å². The van der Waals surface area contributed by atoms with E-state index in [1.807, 2.05) is 6.92 Å². The topological polar surface area (TPSA) is 20.3 Å². The fourth-order valence-corrected chi connectivity index (χ4v) is 2.24. The Labute approximate surface area is 93.0 Å². The Balaban J connectivity index is 2.40. The third kappa shape index (κ3) is 4.48. The van der Waals surface area contributed by atoms with Crippen molar-refractivity contribution in [1.82, 2.24) is 4.90 Å². The van der Waals surface area contributed by atoms with Gasteiger partial charge in [0.25, 0.3) is 0 Å². The second kappa shape index (κ2) is 6.63. The molecule has 0 bridgehead atoms.